The van der Waals surface area contributed by atoms with Crippen LogP contribution in [-0.2, 0) is 6.54 Å². The number of nitriles is 1. The first-order chi connectivity index (χ1) is 8.95. The number of hydrogen-bond acceptors (Lipinski definition) is 1. The fourth-order valence-electron chi connectivity index (χ4n) is 1.59. The zero-order valence-corrected chi connectivity index (χ0v) is 15.5. The van der Waals surface area contributed by atoms with Crippen LogP contribution in [0.4, 0.5) is 0 Å². The van der Waals surface area contributed by atoms with Crippen LogP contribution in [-0.4, -0.2) is 4.57 Å². The van der Waals surface area contributed by atoms with Gasteiger partial charge >= 0.3 is 0 Å². The molecule has 98 valence electrons. The third-order valence-corrected chi connectivity index (χ3v) is 6.21. The lowest BCUT2D eigenvalue weighted by molar-refractivity contribution is 0.767. The van der Waals surface area contributed by atoms with E-state index in [9.17, 15) is 0 Å². The van der Waals surface area contributed by atoms with Gasteiger partial charge in [0.15, 0.2) is 0 Å². The maximum absolute atomic E-state index is 9.10. The molecule has 0 radical (unpaired) electrons. The van der Waals surface area contributed by atoms with E-state index in [0.717, 1.165) is 14.6 Å². The Morgan fingerprint density at radius 2 is 1.79 bits per heavy atom. The van der Waals surface area contributed by atoms with Crippen molar-refractivity contribution in [2.45, 2.75) is 6.54 Å². The van der Waals surface area contributed by atoms with Crippen LogP contribution in [0.1, 0.15) is 11.1 Å². The molecule has 0 aliphatic carbocycles. The van der Waals surface area contributed by atoms with E-state index in [0.29, 0.717) is 26.8 Å². The van der Waals surface area contributed by atoms with Gasteiger partial charge in [0.2, 0.25) is 0 Å². The van der Waals surface area contributed by atoms with Gasteiger partial charge < -0.3 is 4.57 Å². The second kappa shape index (κ2) is 6.19. The molecule has 0 spiro atoms. The van der Waals surface area contributed by atoms with E-state index < -0.39 is 0 Å². The lowest BCUT2D eigenvalue weighted by Crippen LogP contribution is -2.00. The Balaban J connectivity index is 2.44. The first kappa shape index (κ1) is 15.4. The minimum Gasteiger partial charge on any atom is -0.323 e. The third-order valence-electron chi connectivity index (χ3n) is 2.52. The van der Waals surface area contributed by atoms with Crippen LogP contribution in [0.25, 0.3) is 0 Å². The van der Waals surface area contributed by atoms with Crippen molar-refractivity contribution in [1.82, 2.24) is 4.57 Å². The monoisotopic (exact) mass is 484 g/mol. The van der Waals surface area contributed by atoms with Crippen LogP contribution in [0.5, 0.6) is 0 Å². The number of halogens is 5. The average Bonchev–Trinajstić information content (AvgIpc) is 2.58. The lowest BCUT2D eigenvalue weighted by Gasteiger charge is -2.08. The molecule has 0 N–H and O–H groups in total. The third kappa shape index (κ3) is 3.03. The van der Waals surface area contributed by atoms with E-state index in [1.807, 2.05) is 16.7 Å². The number of hydrogen-bond donors (Lipinski definition) is 0. The van der Waals surface area contributed by atoms with Gasteiger partial charge in [-0.05, 0) is 65.5 Å². The maximum atomic E-state index is 9.10. The molecule has 0 aliphatic heterocycles. The van der Waals surface area contributed by atoms with Gasteiger partial charge in [0.05, 0.1) is 20.1 Å². The number of aromatic nitrogens is 1. The zero-order valence-electron chi connectivity index (χ0n) is 9.22. The molecule has 0 aliphatic rings. The van der Waals surface area contributed by atoms with Gasteiger partial charge in [-0.1, -0.05) is 29.3 Å². The van der Waals surface area contributed by atoms with E-state index in [-0.39, 0.29) is 0 Å². The Morgan fingerprint density at radius 1 is 1.11 bits per heavy atom. The molecule has 0 unspecified atom stereocenters. The van der Waals surface area contributed by atoms with Crippen molar-refractivity contribution in [1.29, 1.82) is 5.26 Å². The highest BCUT2D eigenvalue weighted by atomic mass is 79.9. The van der Waals surface area contributed by atoms with Crippen LogP contribution in [0.2, 0.25) is 10.0 Å². The predicted molar refractivity (Wildman–Crippen MR) is 87.8 cm³/mol. The maximum Gasteiger partial charge on any atom is 0.105 e. The molecule has 0 amide bonds. The highest BCUT2D eigenvalue weighted by Crippen LogP contribution is 2.36. The summed E-state index contributed by atoms with van der Waals surface area (Å²) in [7, 11) is 0. The van der Waals surface area contributed by atoms with Gasteiger partial charge in [-0.3, -0.25) is 0 Å². The molecule has 7 heteroatoms. The van der Waals surface area contributed by atoms with Gasteiger partial charge in [0.1, 0.15) is 15.3 Å². The molecule has 2 aromatic rings. The van der Waals surface area contributed by atoms with Gasteiger partial charge in [-0.15, -0.1) is 0 Å². The minimum absolute atomic E-state index is 0.512. The molecule has 1 aromatic carbocycles. The summed E-state index contributed by atoms with van der Waals surface area (Å²) in [5, 5.41) is 10.1. The summed E-state index contributed by atoms with van der Waals surface area (Å²) in [6.45, 7) is 0.568. The standard InChI is InChI=1S/C12H5Br3Cl2N2/c13-10-7(4-18)11(14)19(12(10)15)5-6-1-2-8(16)9(17)3-6/h1-3H,5H2. The molecule has 1 heterocycles. The first-order valence-electron chi connectivity index (χ1n) is 5.02. The van der Waals surface area contributed by atoms with Crippen molar-refractivity contribution in [3.63, 3.8) is 0 Å². The molecule has 0 bridgehead atoms. The zero-order chi connectivity index (χ0) is 14.2. The summed E-state index contributed by atoms with van der Waals surface area (Å²) in [5.74, 6) is 0. The molecule has 1 aromatic heterocycles. The summed E-state index contributed by atoms with van der Waals surface area (Å²) < 4.78 is 4.14. The SMILES string of the molecule is N#Cc1c(Br)c(Br)n(Cc2ccc(Cl)c(Cl)c2)c1Br. The van der Waals surface area contributed by atoms with E-state index in [4.69, 9.17) is 28.5 Å². The Morgan fingerprint density at radius 3 is 2.32 bits per heavy atom. The van der Waals surface area contributed by atoms with Gasteiger partial charge in [0, 0.05) is 6.54 Å². The van der Waals surface area contributed by atoms with Crippen molar-refractivity contribution < 1.29 is 0 Å². The Labute approximate surface area is 145 Å². The number of benzene rings is 1. The van der Waals surface area contributed by atoms with Gasteiger partial charge in [-0.2, -0.15) is 5.26 Å². The highest BCUT2D eigenvalue weighted by molar-refractivity contribution is 9.13. The predicted octanol–water partition coefficient (Wildman–Crippen LogP) is 6.00. The molecule has 0 saturated heterocycles. The van der Waals surface area contributed by atoms with Crippen LogP contribution in [0, 0.1) is 11.3 Å². The Kier molecular flexibility index (Phi) is 5.02. The van der Waals surface area contributed by atoms with Gasteiger partial charge in [0.25, 0.3) is 0 Å². The van der Waals surface area contributed by atoms with Crippen LogP contribution < -0.4 is 0 Å². The smallest absolute Gasteiger partial charge is 0.105 e. The number of rotatable bonds is 2. The van der Waals surface area contributed by atoms with Crippen molar-refractivity contribution in [3.05, 3.63) is 53.1 Å². The first-order valence-corrected chi connectivity index (χ1v) is 8.16. The van der Waals surface area contributed by atoms with Crippen LogP contribution >= 0.6 is 71.0 Å². The molecule has 2 rings (SSSR count). The van der Waals surface area contributed by atoms with Crippen LogP contribution in [0.15, 0.2) is 31.9 Å². The second-order valence-corrected chi connectivity index (χ2v) is 6.83. The highest BCUT2D eigenvalue weighted by Gasteiger charge is 2.18. The van der Waals surface area contributed by atoms with Crippen molar-refractivity contribution in [2.75, 3.05) is 0 Å². The van der Waals surface area contributed by atoms with E-state index >= 15 is 0 Å². The quantitative estimate of drug-likeness (QED) is 0.510. The minimum atomic E-state index is 0.512. The van der Waals surface area contributed by atoms with Crippen LogP contribution in [0.3, 0.4) is 0 Å². The largest absolute Gasteiger partial charge is 0.323 e. The summed E-state index contributed by atoms with van der Waals surface area (Å²) in [4.78, 5) is 0. The molecule has 0 saturated carbocycles. The molecular formula is C12H5Br3Cl2N2. The average molecular weight is 488 g/mol. The van der Waals surface area contributed by atoms with Crippen molar-refractivity contribution in [2.24, 2.45) is 0 Å². The van der Waals surface area contributed by atoms with Crippen molar-refractivity contribution in [3.8, 4) is 6.07 Å². The summed E-state index contributed by atoms with van der Waals surface area (Å²) in [6.07, 6.45) is 0. The summed E-state index contributed by atoms with van der Waals surface area (Å²) >= 11 is 22.2. The molecule has 19 heavy (non-hydrogen) atoms. The number of nitrogens with zero attached hydrogens (tertiary/aromatic N) is 2. The summed E-state index contributed by atoms with van der Waals surface area (Å²) in [6, 6.07) is 7.60. The molecular weight excluding hydrogens is 483 g/mol. The van der Waals surface area contributed by atoms with Crippen molar-refractivity contribution >= 4 is 71.0 Å². The van der Waals surface area contributed by atoms with Gasteiger partial charge in [-0.25, -0.2) is 0 Å². The Hall–Kier alpha value is 0.01000. The molecule has 0 atom stereocenters. The van der Waals surface area contributed by atoms with E-state index in [2.05, 4.69) is 53.9 Å². The Bertz CT molecular complexity index is 689. The fourth-order valence-corrected chi connectivity index (χ4v) is 3.99. The lowest BCUT2D eigenvalue weighted by atomic mass is 10.2. The molecule has 0 fully saturated rings. The molecule has 2 nitrogen and oxygen atoms in total. The fraction of sp³-hybridized carbons (Fsp3) is 0.0833. The topological polar surface area (TPSA) is 28.7 Å². The summed E-state index contributed by atoms with van der Waals surface area (Å²) in [5.41, 5.74) is 1.54. The normalized spacial score (nSPS) is 10.5. The van der Waals surface area contributed by atoms with E-state index in [1.165, 1.54) is 0 Å². The van der Waals surface area contributed by atoms with E-state index in [1.54, 1.807) is 6.07 Å². The second-order valence-electron chi connectivity index (χ2n) is 3.72.